The summed E-state index contributed by atoms with van der Waals surface area (Å²) in [4.78, 5) is 46.1. The van der Waals surface area contributed by atoms with Gasteiger partial charge in [-0.05, 0) is 29.2 Å². The Morgan fingerprint density at radius 3 is 1.76 bits per heavy atom. The van der Waals surface area contributed by atoms with E-state index in [-0.39, 0.29) is 25.0 Å². The van der Waals surface area contributed by atoms with Gasteiger partial charge in [-0.3, -0.25) is 9.59 Å². The molecule has 0 saturated heterocycles. The highest BCUT2D eigenvalue weighted by molar-refractivity contribution is 7.38. The predicted molar refractivity (Wildman–Crippen MR) is 112 cm³/mol. The van der Waals surface area contributed by atoms with E-state index in [4.69, 9.17) is 9.47 Å². The molecule has 4 unspecified atom stereocenters. The van der Waals surface area contributed by atoms with Crippen molar-refractivity contribution in [2.24, 2.45) is 17.8 Å². The lowest BCUT2D eigenvalue weighted by atomic mass is 10.00. The number of hydrogen-bond acceptors (Lipinski definition) is 6. The topological polar surface area (TPSA) is 107 Å². The molecule has 0 bridgehead atoms. The van der Waals surface area contributed by atoms with E-state index in [0.717, 1.165) is 51.4 Å². The van der Waals surface area contributed by atoms with Crippen LogP contribution < -0.4 is 0 Å². The van der Waals surface area contributed by atoms with Crippen molar-refractivity contribution >= 4 is 25.7 Å². The standard InChI is InChI=1S/C21H37O7P/c1-5-9-11-16(7-3)13-27-20(23)18(15-29(25)26)19(22)21(24)28-14-17(8-4)12-10-6-2/h16-18H,5-15H2,1-4H3/p+1. The zero-order valence-electron chi connectivity index (χ0n) is 18.4. The van der Waals surface area contributed by atoms with Crippen molar-refractivity contribution in [1.82, 2.24) is 0 Å². The molecule has 0 spiro atoms. The third kappa shape index (κ3) is 12.1. The Bertz CT molecular complexity index is 521. The Morgan fingerprint density at radius 1 is 0.862 bits per heavy atom. The van der Waals surface area contributed by atoms with Crippen molar-refractivity contribution in [3.8, 4) is 0 Å². The van der Waals surface area contributed by atoms with Crippen LogP contribution in [0.15, 0.2) is 0 Å². The van der Waals surface area contributed by atoms with Crippen molar-refractivity contribution < 1.29 is 33.3 Å². The molecule has 0 fully saturated rings. The molecule has 1 N–H and O–H groups in total. The maximum absolute atomic E-state index is 12.4. The molecule has 0 aromatic heterocycles. The molecular weight excluding hydrogens is 395 g/mol. The molecular formula is C21H38O7P+. The number of carbonyl (C=O) groups is 3. The summed E-state index contributed by atoms with van der Waals surface area (Å²) in [5, 5.41) is 0. The Kier molecular flexibility index (Phi) is 15.7. The molecule has 4 atom stereocenters. The van der Waals surface area contributed by atoms with Gasteiger partial charge in [0.25, 0.3) is 5.78 Å². The maximum atomic E-state index is 12.4. The first kappa shape index (κ1) is 27.7. The summed E-state index contributed by atoms with van der Waals surface area (Å²) in [6.45, 7) is 8.34. The number of carbonyl (C=O) groups excluding carboxylic acids is 3. The summed E-state index contributed by atoms with van der Waals surface area (Å²) in [6.07, 6.45) is 6.83. The quantitative estimate of drug-likeness (QED) is 0.156. The number of rotatable bonds is 17. The summed E-state index contributed by atoms with van der Waals surface area (Å²) in [6, 6.07) is 0. The second-order valence-corrected chi connectivity index (χ2v) is 8.58. The van der Waals surface area contributed by atoms with Gasteiger partial charge in [-0.2, -0.15) is 4.89 Å². The van der Waals surface area contributed by atoms with Crippen LogP contribution in [0.25, 0.3) is 0 Å². The van der Waals surface area contributed by atoms with Gasteiger partial charge in [0.15, 0.2) is 12.1 Å². The number of Topliss-reactive ketones (excluding diaryl/α,β-unsaturated/α-hetero) is 1. The lowest BCUT2D eigenvalue weighted by Gasteiger charge is -2.17. The summed E-state index contributed by atoms with van der Waals surface area (Å²) in [5.41, 5.74) is 0. The number of unbranched alkanes of at least 4 members (excludes halogenated alkanes) is 2. The number of ether oxygens (including phenoxy) is 2. The lowest BCUT2D eigenvalue weighted by molar-refractivity contribution is -0.162. The fraction of sp³-hybridized carbons (Fsp3) is 0.857. The van der Waals surface area contributed by atoms with Gasteiger partial charge < -0.3 is 9.47 Å². The first-order valence-corrected chi connectivity index (χ1v) is 12.2. The van der Waals surface area contributed by atoms with E-state index in [2.05, 4.69) is 13.8 Å². The highest BCUT2D eigenvalue weighted by Crippen LogP contribution is 2.22. The fourth-order valence-electron chi connectivity index (χ4n) is 2.92. The van der Waals surface area contributed by atoms with E-state index in [1.165, 1.54) is 0 Å². The van der Waals surface area contributed by atoms with Gasteiger partial charge in [0.1, 0.15) is 0 Å². The average Bonchev–Trinajstić information content (AvgIpc) is 2.71. The molecule has 7 nitrogen and oxygen atoms in total. The Morgan fingerprint density at radius 2 is 1.34 bits per heavy atom. The van der Waals surface area contributed by atoms with Crippen molar-refractivity contribution in [1.29, 1.82) is 0 Å². The highest BCUT2D eigenvalue weighted by Gasteiger charge is 2.40. The van der Waals surface area contributed by atoms with E-state index in [9.17, 15) is 23.8 Å². The van der Waals surface area contributed by atoms with Gasteiger partial charge in [-0.15, -0.1) is 0 Å². The summed E-state index contributed by atoms with van der Waals surface area (Å²) in [7, 11) is -2.78. The monoisotopic (exact) mass is 433 g/mol. The lowest BCUT2D eigenvalue weighted by Crippen LogP contribution is -2.36. The van der Waals surface area contributed by atoms with Gasteiger partial charge in [0.05, 0.1) is 13.2 Å². The van der Waals surface area contributed by atoms with Crippen LogP contribution >= 0.6 is 8.03 Å². The number of ketones is 1. The normalized spacial score (nSPS) is 14.6. The fourth-order valence-corrected chi connectivity index (χ4v) is 3.55. The second kappa shape index (κ2) is 16.5. The largest absolute Gasteiger partial charge is 0.506 e. The summed E-state index contributed by atoms with van der Waals surface area (Å²) >= 11 is 0. The first-order valence-electron chi connectivity index (χ1n) is 10.8. The highest BCUT2D eigenvalue weighted by atomic mass is 31.1. The SMILES string of the molecule is CCCCC(CC)COC(=O)C(=O)C(C[P+](=O)O)C(=O)OCC(CC)CCCC. The van der Waals surface area contributed by atoms with E-state index in [1.54, 1.807) is 0 Å². The van der Waals surface area contributed by atoms with Crippen LogP contribution in [0.3, 0.4) is 0 Å². The molecule has 0 saturated carbocycles. The number of esters is 2. The molecule has 168 valence electrons. The first-order chi connectivity index (χ1) is 13.8. The minimum atomic E-state index is -2.78. The Balaban J connectivity index is 4.87. The van der Waals surface area contributed by atoms with Gasteiger partial charge in [0.2, 0.25) is 0 Å². The molecule has 0 aliphatic rings. The van der Waals surface area contributed by atoms with Gasteiger partial charge in [-0.1, -0.05) is 66.2 Å². The Hall–Kier alpha value is -1.33. The minimum Gasteiger partial charge on any atom is -0.465 e. The summed E-state index contributed by atoms with van der Waals surface area (Å²) in [5.74, 6) is -4.48. The van der Waals surface area contributed by atoms with E-state index in [0.29, 0.717) is 0 Å². The van der Waals surface area contributed by atoms with Crippen LogP contribution in [-0.4, -0.2) is 42.0 Å². The van der Waals surface area contributed by atoms with Crippen LogP contribution in [0.2, 0.25) is 0 Å². The summed E-state index contributed by atoms with van der Waals surface area (Å²) < 4.78 is 21.6. The molecule has 8 heteroatoms. The third-order valence-corrected chi connectivity index (χ3v) is 5.82. The van der Waals surface area contributed by atoms with Crippen molar-refractivity contribution in [2.45, 2.75) is 79.1 Å². The molecule has 0 amide bonds. The van der Waals surface area contributed by atoms with Gasteiger partial charge in [-0.25, -0.2) is 4.79 Å². The Labute approximate surface area is 175 Å². The number of hydrogen-bond donors (Lipinski definition) is 1. The smallest absolute Gasteiger partial charge is 0.465 e. The molecule has 29 heavy (non-hydrogen) atoms. The average molecular weight is 434 g/mol. The van der Waals surface area contributed by atoms with Gasteiger partial charge in [0, 0.05) is 0 Å². The molecule has 0 radical (unpaired) electrons. The second-order valence-electron chi connectivity index (χ2n) is 7.51. The van der Waals surface area contributed by atoms with Crippen LogP contribution in [0.1, 0.15) is 79.1 Å². The van der Waals surface area contributed by atoms with E-state index < -0.39 is 37.8 Å². The molecule has 0 aliphatic carbocycles. The maximum Gasteiger partial charge on any atom is 0.506 e. The molecule has 0 heterocycles. The minimum absolute atomic E-state index is 0.100. The molecule has 0 aromatic rings. The third-order valence-electron chi connectivity index (χ3n) is 5.14. The van der Waals surface area contributed by atoms with Gasteiger partial charge >= 0.3 is 20.0 Å². The zero-order valence-corrected chi connectivity index (χ0v) is 19.2. The van der Waals surface area contributed by atoms with Crippen molar-refractivity contribution in [3.63, 3.8) is 0 Å². The van der Waals surface area contributed by atoms with E-state index >= 15 is 0 Å². The molecule has 0 aliphatic heterocycles. The van der Waals surface area contributed by atoms with Crippen LogP contribution in [-0.2, 0) is 28.4 Å². The van der Waals surface area contributed by atoms with Crippen molar-refractivity contribution in [2.75, 3.05) is 19.4 Å². The molecule has 0 aromatic carbocycles. The predicted octanol–water partition coefficient (Wildman–Crippen LogP) is 4.43. The van der Waals surface area contributed by atoms with Crippen molar-refractivity contribution in [3.05, 3.63) is 0 Å². The van der Waals surface area contributed by atoms with Crippen LogP contribution in [0.5, 0.6) is 0 Å². The molecule has 0 rings (SSSR count). The van der Waals surface area contributed by atoms with E-state index in [1.807, 2.05) is 13.8 Å². The van der Waals surface area contributed by atoms with Crippen LogP contribution in [0.4, 0.5) is 0 Å². The van der Waals surface area contributed by atoms with Crippen LogP contribution in [0, 0.1) is 17.8 Å². The zero-order chi connectivity index (χ0) is 22.2.